The molecule has 0 saturated carbocycles. The highest BCUT2D eigenvalue weighted by molar-refractivity contribution is 7.92. The molecule has 7 heteroatoms. The van der Waals surface area contributed by atoms with Crippen LogP contribution in [0.2, 0.25) is 0 Å². The fraction of sp³-hybridized carbons (Fsp3) is 0.136. The van der Waals surface area contributed by atoms with E-state index in [0.29, 0.717) is 12.2 Å². The number of para-hydroxylation sites is 1. The van der Waals surface area contributed by atoms with E-state index in [2.05, 4.69) is 5.32 Å². The van der Waals surface area contributed by atoms with E-state index in [1.54, 1.807) is 49.6 Å². The number of methoxy groups -OCH3 is 1. The molecule has 3 rings (SSSR count). The van der Waals surface area contributed by atoms with E-state index in [9.17, 15) is 13.2 Å². The summed E-state index contributed by atoms with van der Waals surface area (Å²) < 4.78 is 32.1. The number of nitrogens with zero attached hydrogens (tertiary/aromatic N) is 1. The summed E-state index contributed by atoms with van der Waals surface area (Å²) in [5.74, 6) is 0.379. The number of rotatable bonds is 7. The van der Waals surface area contributed by atoms with Gasteiger partial charge >= 0.3 is 0 Å². The first-order chi connectivity index (χ1) is 13.9. The minimum absolute atomic E-state index is 0.163. The van der Waals surface area contributed by atoms with Crippen LogP contribution in [0.4, 0.5) is 5.69 Å². The maximum atomic E-state index is 12.9. The monoisotopic (exact) mass is 410 g/mol. The molecule has 1 N–H and O–H groups in total. The van der Waals surface area contributed by atoms with Crippen molar-refractivity contribution < 1.29 is 17.9 Å². The molecule has 0 radical (unpaired) electrons. The molecule has 0 aromatic heterocycles. The van der Waals surface area contributed by atoms with Gasteiger partial charge in [0.15, 0.2) is 0 Å². The third-order valence-electron chi connectivity index (χ3n) is 4.50. The Balaban J connectivity index is 1.81. The van der Waals surface area contributed by atoms with Gasteiger partial charge in [0.05, 0.1) is 23.3 Å². The number of carbonyl (C=O) groups is 1. The molecule has 0 aliphatic carbocycles. The summed E-state index contributed by atoms with van der Waals surface area (Å²) >= 11 is 0. The van der Waals surface area contributed by atoms with Gasteiger partial charge in [0.1, 0.15) is 5.75 Å². The van der Waals surface area contributed by atoms with Crippen LogP contribution in [0.5, 0.6) is 5.75 Å². The van der Waals surface area contributed by atoms with Crippen molar-refractivity contribution in [2.24, 2.45) is 0 Å². The molecule has 3 aromatic carbocycles. The topological polar surface area (TPSA) is 75.7 Å². The Hall–Kier alpha value is -3.32. The largest absolute Gasteiger partial charge is 0.497 e. The van der Waals surface area contributed by atoms with E-state index in [1.807, 2.05) is 24.3 Å². The quantitative estimate of drug-likeness (QED) is 0.647. The highest BCUT2D eigenvalue weighted by atomic mass is 32.2. The van der Waals surface area contributed by atoms with E-state index in [-0.39, 0.29) is 16.4 Å². The van der Waals surface area contributed by atoms with Crippen LogP contribution in [0.15, 0.2) is 83.8 Å². The van der Waals surface area contributed by atoms with Crippen molar-refractivity contribution in [3.63, 3.8) is 0 Å². The number of hydrogen-bond acceptors (Lipinski definition) is 4. The minimum atomic E-state index is -3.78. The molecule has 0 bridgehead atoms. The van der Waals surface area contributed by atoms with Crippen molar-refractivity contribution in [2.45, 2.75) is 11.4 Å². The molecule has 0 atom stereocenters. The van der Waals surface area contributed by atoms with E-state index in [1.165, 1.54) is 19.2 Å². The highest BCUT2D eigenvalue weighted by Gasteiger charge is 2.24. The maximum absolute atomic E-state index is 12.9. The molecule has 0 heterocycles. The standard InChI is InChI=1S/C22H22N2O4S/c1-24(29(26,27)19-8-4-3-5-9-19)21-11-7-6-10-20(21)22(25)23-16-17-12-14-18(28-2)15-13-17/h3-15H,16H2,1-2H3,(H,23,25). The lowest BCUT2D eigenvalue weighted by molar-refractivity contribution is 0.0951. The summed E-state index contributed by atoms with van der Waals surface area (Å²) in [6.45, 7) is 0.312. The van der Waals surface area contributed by atoms with E-state index >= 15 is 0 Å². The van der Waals surface area contributed by atoms with Crippen molar-refractivity contribution in [3.05, 3.63) is 90.0 Å². The Morgan fingerprint density at radius 2 is 1.55 bits per heavy atom. The Kier molecular flexibility index (Phi) is 6.19. The number of carbonyl (C=O) groups excluding carboxylic acids is 1. The Bertz CT molecular complexity index is 1080. The SMILES string of the molecule is COc1ccc(CNC(=O)c2ccccc2N(C)S(=O)(=O)c2ccccc2)cc1. The number of ether oxygens (including phenoxy) is 1. The summed E-state index contributed by atoms with van der Waals surface area (Å²) in [7, 11) is -0.750. The molecular formula is C22H22N2O4S. The van der Waals surface area contributed by atoms with E-state index < -0.39 is 10.0 Å². The Morgan fingerprint density at radius 3 is 2.21 bits per heavy atom. The van der Waals surface area contributed by atoms with Crippen LogP contribution in [0.25, 0.3) is 0 Å². The smallest absolute Gasteiger partial charge is 0.264 e. The second kappa shape index (κ2) is 8.79. The number of hydrogen-bond donors (Lipinski definition) is 1. The summed E-state index contributed by atoms with van der Waals surface area (Å²) in [5.41, 5.74) is 1.49. The van der Waals surface area contributed by atoms with E-state index in [0.717, 1.165) is 15.6 Å². The van der Waals surface area contributed by atoms with Crippen LogP contribution >= 0.6 is 0 Å². The van der Waals surface area contributed by atoms with Gasteiger partial charge < -0.3 is 10.1 Å². The zero-order valence-corrected chi connectivity index (χ0v) is 17.0. The molecule has 29 heavy (non-hydrogen) atoms. The number of nitrogens with one attached hydrogen (secondary N) is 1. The molecule has 0 saturated heterocycles. The Labute approximate surface area is 170 Å². The molecule has 0 aliphatic rings. The predicted molar refractivity (Wildman–Crippen MR) is 113 cm³/mol. The van der Waals surface area contributed by atoms with Gasteiger partial charge in [-0.15, -0.1) is 0 Å². The lowest BCUT2D eigenvalue weighted by Crippen LogP contribution is -2.30. The molecule has 0 fully saturated rings. The molecule has 3 aromatic rings. The first kappa shape index (κ1) is 20.4. The molecule has 0 unspecified atom stereocenters. The van der Waals surface area contributed by atoms with Gasteiger partial charge in [-0.1, -0.05) is 42.5 Å². The second-order valence-corrected chi connectivity index (χ2v) is 8.30. The molecule has 150 valence electrons. The number of benzene rings is 3. The normalized spacial score (nSPS) is 11.0. The fourth-order valence-corrected chi connectivity index (χ4v) is 4.08. The van der Waals surface area contributed by atoms with Gasteiger partial charge in [-0.25, -0.2) is 8.42 Å². The van der Waals surface area contributed by atoms with Crippen LogP contribution < -0.4 is 14.4 Å². The van der Waals surface area contributed by atoms with Crippen LogP contribution in [0.3, 0.4) is 0 Å². The zero-order valence-electron chi connectivity index (χ0n) is 16.2. The number of sulfonamides is 1. The first-order valence-electron chi connectivity index (χ1n) is 8.97. The lowest BCUT2D eigenvalue weighted by atomic mass is 10.1. The number of amides is 1. The summed E-state index contributed by atoms with van der Waals surface area (Å²) in [4.78, 5) is 12.9. The van der Waals surface area contributed by atoms with Crippen molar-refractivity contribution in [3.8, 4) is 5.75 Å². The van der Waals surface area contributed by atoms with Crippen molar-refractivity contribution in [2.75, 3.05) is 18.5 Å². The second-order valence-electron chi connectivity index (χ2n) is 6.33. The van der Waals surface area contributed by atoms with Gasteiger partial charge in [0, 0.05) is 13.6 Å². The summed E-state index contributed by atoms with van der Waals surface area (Å²) in [5, 5.41) is 2.84. The van der Waals surface area contributed by atoms with Gasteiger partial charge in [0.25, 0.3) is 15.9 Å². The van der Waals surface area contributed by atoms with Crippen LogP contribution in [0.1, 0.15) is 15.9 Å². The van der Waals surface area contributed by atoms with E-state index in [4.69, 9.17) is 4.74 Å². The van der Waals surface area contributed by atoms with Crippen molar-refractivity contribution >= 4 is 21.6 Å². The highest BCUT2D eigenvalue weighted by Crippen LogP contribution is 2.25. The predicted octanol–water partition coefficient (Wildman–Crippen LogP) is 3.45. The zero-order chi connectivity index (χ0) is 20.9. The van der Waals surface area contributed by atoms with Gasteiger partial charge in [0.2, 0.25) is 0 Å². The average Bonchev–Trinajstić information content (AvgIpc) is 2.77. The summed E-state index contributed by atoms with van der Waals surface area (Å²) in [6.07, 6.45) is 0. The maximum Gasteiger partial charge on any atom is 0.264 e. The Morgan fingerprint density at radius 1 is 0.931 bits per heavy atom. The van der Waals surface area contributed by atoms with Crippen LogP contribution in [-0.2, 0) is 16.6 Å². The average molecular weight is 410 g/mol. The minimum Gasteiger partial charge on any atom is -0.497 e. The first-order valence-corrected chi connectivity index (χ1v) is 10.4. The third kappa shape index (κ3) is 4.57. The summed E-state index contributed by atoms with van der Waals surface area (Å²) in [6, 6.07) is 22.1. The molecule has 0 spiro atoms. The van der Waals surface area contributed by atoms with Gasteiger partial charge in [-0.3, -0.25) is 9.10 Å². The molecule has 1 amide bonds. The molecule has 0 aliphatic heterocycles. The lowest BCUT2D eigenvalue weighted by Gasteiger charge is -2.22. The molecular weight excluding hydrogens is 388 g/mol. The van der Waals surface area contributed by atoms with Gasteiger partial charge in [-0.05, 0) is 42.0 Å². The van der Waals surface area contributed by atoms with Crippen molar-refractivity contribution in [1.82, 2.24) is 5.32 Å². The van der Waals surface area contributed by atoms with Crippen molar-refractivity contribution in [1.29, 1.82) is 0 Å². The fourth-order valence-electron chi connectivity index (χ4n) is 2.84. The van der Waals surface area contributed by atoms with Crippen LogP contribution in [0, 0.1) is 0 Å². The number of anilines is 1. The van der Waals surface area contributed by atoms with Crippen LogP contribution in [-0.4, -0.2) is 28.5 Å². The van der Waals surface area contributed by atoms with Gasteiger partial charge in [-0.2, -0.15) is 0 Å². The molecule has 6 nitrogen and oxygen atoms in total. The third-order valence-corrected chi connectivity index (χ3v) is 6.29.